The number of benzene rings is 2. The lowest BCUT2D eigenvalue weighted by molar-refractivity contribution is 0.102. The van der Waals surface area contributed by atoms with E-state index in [0.29, 0.717) is 28.1 Å². The molecule has 8 heteroatoms. The second-order valence-electron chi connectivity index (χ2n) is 7.26. The van der Waals surface area contributed by atoms with Crippen LogP contribution >= 0.6 is 0 Å². The number of carbonyl (C=O) groups excluding carboxylic acids is 1. The Morgan fingerprint density at radius 3 is 2.47 bits per heavy atom. The van der Waals surface area contributed by atoms with E-state index in [1.165, 1.54) is 23.0 Å². The number of aryl methyl sites for hydroxylation is 1. The van der Waals surface area contributed by atoms with Crippen molar-refractivity contribution in [3.63, 3.8) is 0 Å². The molecule has 0 spiro atoms. The molecular weight excluding hydrogens is 409 g/mol. The number of carbonyl (C=O) groups is 1. The van der Waals surface area contributed by atoms with Crippen molar-refractivity contribution >= 4 is 17.8 Å². The largest absolute Gasteiger partial charge is 0.317 e. The van der Waals surface area contributed by atoms with Gasteiger partial charge in [-0.2, -0.15) is 14.9 Å². The Morgan fingerprint density at radius 2 is 1.81 bits per heavy atom. The van der Waals surface area contributed by atoms with E-state index in [4.69, 9.17) is 0 Å². The van der Waals surface area contributed by atoms with Gasteiger partial charge in [0.2, 0.25) is 0 Å². The number of aromatic amines is 1. The van der Waals surface area contributed by atoms with Crippen LogP contribution < -0.4 is 10.9 Å². The van der Waals surface area contributed by atoms with Crippen molar-refractivity contribution in [2.24, 2.45) is 5.10 Å². The second kappa shape index (κ2) is 8.81. The maximum absolute atomic E-state index is 13.2. The Balaban J connectivity index is 1.77. The van der Waals surface area contributed by atoms with Gasteiger partial charge in [0.05, 0.1) is 17.6 Å². The molecule has 0 bridgehead atoms. The quantitative estimate of drug-likeness (QED) is 0.467. The molecule has 1 amide bonds. The Hall–Kier alpha value is -4.33. The molecule has 0 radical (unpaired) electrons. The maximum Gasteiger partial charge on any atom is 0.294 e. The smallest absolute Gasteiger partial charge is 0.294 e. The van der Waals surface area contributed by atoms with Gasteiger partial charge >= 0.3 is 0 Å². The van der Waals surface area contributed by atoms with Gasteiger partial charge in [0, 0.05) is 17.3 Å². The molecule has 0 aliphatic carbocycles. The van der Waals surface area contributed by atoms with Gasteiger partial charge < -0.3 is 5.32 Å². The Morgan fingerprint density at radius 1 is 1.09 bits per heavy atom. The minimum Gasteiger partial charge on any atom is -0.317 e. The summed E-state index contributed by atoms with van der Waals surface area (Å²) in [5.41, 5.74) is 3.51. The van der Waals surface area contributed by atoms with Crippen molar-refractivity contribution in [3.05, 3.63) is 105 Å². The fourth-order valence-electron chi connectivity index (χ4n) is 3.17. The molecule has 4 rings (SSSR count). The third-order valence-electron chi connectivity index (χ3n) is 4.96. The van der Waals surface area contributed by atoms with Crippen LogP contribution in [0, 0.1) is 19.7 Å². The van der Waals surface area contributed by atoms with E-state index in [1.54, 1.807) is 49.5 Å². The Labute approximate surface area is 183 Å². The van der Waals surface area contributed by atoms with Crippen LogP contribution in [-0.2, 0) is 0 Å². The monoisotopic (exact) mass is 429 g/mol. The second-order valence-corrected chi connectivity index (χ2v) is 7.26. The van der Waals surface area contributed by atoms with Crippen LogP contribution in [0.25, 0.3) is 11.3 Å². The highest BCUT2D eigenvalue weighted by molar-refractivity contribution is 6.04. The van der Waals surface area contributed by atoms with Crippen LogP contribution in [-0.4, -0.2) is 27.0 Å². The van der Waals surface area contributed by atoms with E-state index in [1.807, 2.05) is 19.1 Å². The Kier molecular flexibility index (Phi) is 5.76. The van der Waals surface area contributed by atoms with Gasteiger partial charge in [0.15, 0.2) is 0 Å². The highest BCUT2D eigenvalue weighted by atomic mass is 19.1. The molecule has 2 heterocycles. The minimum atomic E-state index is -0.496. The van der Waals surface area contributed by atoms with Crippen LogP contribution in [0.3, 0.4) is 0 Å². The SMILES string of the molecule is Cc1ccc(C(=O)Nc2cc(-c3ccn[nH]3)c(C)n(N=Cc3ccc(F)cc3)c2=O)cc1. The van der Waals surface area contributed by atoms with Crippen LogP contribution in [0.1, 0.15) is 27.2 Å². The molecule has 160 valence electrons. The molecule has 0 saturated carbocycles. The number of anilines is 1. The topological polar surface area (TPSA) is 92.1 Å². The minimum absolute atomic E-state index is 0.0713. The van der Waals surface area contributed by atoms with Gasteiger partial charge in [0.25, 0.3) is 11.5 Å². The van der Waals surface area contributed by atoms with Gasteiger partial charge in [-0.3, -0.25) is 14.7 Å². The number of pyridine rings is 1. The first-order valence-corrected chi connectivity index (χ1v) is 9.87. The predicted molar refractivity (Wildman–Crippen MR) is 122 cm³/mol. The van der Waals surface area contributed by atoms with Crippen LogP contribution in [0.4, 0.5) is 10.1 Å². The number of amides is 1. The van der Waals surface area contributed by atoms with Crippen molar-refractivity contribution in [1.82, 2.24) is 14.9 Å². The van der Waals surface area contributed by atoms with E-state index in [0.717, 1.165) is 5.56 Å². The lowest BCUT2D eigenvalue weighted by Gasteiger charge is -2.13. The zero-order valence-corrected chi connectivity index (χ0v) is 17.5. The van der Waals surface area contributed by atoms with E-state index in [9.17, 15) is 14.0 Å². The lowest BCUT2D eigenvalue weighted by Crippen LogP contribution is -2.26. The third kappa shape index (κ3) is 4.39. The molecule has 0 unspecified atom stereocenters. The molecule has 0 aliphatic rings. The number of rotatable bonds is 5. The summed E-state index contributed by atoms with van der Waals surface area (Å²) >= 11 is 0. The maximum atomic E-state index is 13.2. The van der Waals surface area contributed by atoms with E-state index < -0.39 is 11.5 Å². The molecule has 0 saturated heterocycles. The molecule has 2 aromatic carbocycles. The van der Waals surface area contributed by atoms with Gasteiger partial charge in [-0.05, 0) is 55.8 Å². The standard InChI is InChI=1S/C24H20FN5O2/c1-15-3-7-18(8-4-15)23(31)28-22-13-20(21-11-12-26-29-21)16(2)30(24(22)32)27-14-17-5-9-19(25)10-6-17/h3-14H,1-2H3,(H,26,29)(H,28,31). The first-order chi connectivity index (χ1) is 15.4. The highest BCUT2D eigenvalue weighted by Crippen LogP contribution is 2.23. The van der Waals surface area contributed by atoms with Crippen molar-refractivity contribution < 1.29 is 9.18 Å². The summed E-state index contributed by atoms with van der Waals surface area (Å²) in [5.74, 6) is -0.770. The first-order valence-electron chi connectivity index (χ1n) is 9.87. The predicted octanol–water partition coefficient (Wildman–Crippen LogP) is 4.13. The van der Waals surface area contributed by atoms with Gasteiger partial charge in [0.1, 0.15) is 11.5 Å². The summed E-state index contributed by atoms with van der Waals surface area (Å²) in [4.78, 5) is 25.9. The molecule has 0 aliphatic heterocycles. The van der Waals surface area contributed by atoms with Gasteiger partial charge in [-0.15, -0.1) is 0 Å². The molecule has 2 N–H and O–H groups in total. The zero-order valence-electron chi connectivity index (χ0n) is 17.5. The van der Waals surface area contributed by atoms with Crippen molar-refractivity contribution in [2.75, 3.05) is 5.32 Å². The average molecular weight is 429 g/mol. The van der Waals surface area contributed by atoms with Crippen LogP contribution in [0.5, 0.6) is 0 Å². The molecular formula is C24H20FN5O2. The van der Waals surface area contributed by atoms with E-state index in [-0.39, 0.29) is 11.5 Å². The van der Waals surface area contributed by atoms with Crippen molar-refractivity contribution in [1.29, 1.82) is 0 Å². The number of nitrogens with one attached hydrogen (secondary N) is 2. The lowest BCUT2D eigenvalue weighted by atomic mass is 10.1. The summed E-state index contributed by atoms with van der Waals surface area (Å²) in [5, 5.41) is 13.8. The van der Waals surface area contributed by atoms with Crippen molar-refractivity contribution in [2.45, 2.75) is 13.8 Å². The molecule has 4 aromatic rings. The summed E-state index contributed by atoms with van der Waals surface area (Å²) in [6.07, 6.45) is 3.05. The summed E-state index contributed by atoms with van der Waals surface area (Å²) in [7, 11) is 0. The summed E-state index contributed by atoms with van der Waals surface area (Å²) < 4.78 is 14.4. The molecule has 0 atom stereocenters. The molecule has 0 fully saturated rings. The number of nitrogens with zero attached hydrogens (tertiary/aromatic N) is 3. The number of hydrogen-bond donors (Lipinski definition) is 2. The average Bonchev–Trinajstić information content (AvgIpc) is 3.32. The van der Waals surface area contributed by atoms with Gasteiger partial charge in [-0.25, -0.2) is 4.39 Å². The van der Waals surface area contributed by atoms with Crippen LogP contribution in [0.15, 0.2) is 76.8 Å². The first kappa shape index (κ1) is 20.9. The third-order valence-corrected chi connectivity index (χ3v) is 4.96. The summed E-state index contributed by atoms with van der Waals surface area (Å²) in [6.45, 7) is 3.67. The fourth-order valence-corrected chi connectivity index (χ4v) is 3.17. The number of hydrogen-bond acceptors (Lipinski definition) is 4. The molecule has 2 aromatic heterocycles. The zero-order chi connectivity index (χ0) is 22.7. The van der Waals surface area contributed by atoms with Crippen molar-refractivity contribution in [3.8, 4) is 11.3 Å². The number of halogens is 1. The van der Waals surface area contributed by atoms with E-state index in [2.05, 4.69) is 20.6 Å². The normalized spacial score (nSPS) is 11.1. The van der Waals surface area contributed by atoms with Crippen LogP contribution in [0.2, 0.25) is 0 Å². The molecule has 32 heavy (non-hydrogen) atoms. The van der Waals surface area contributed by atoms with Gasteiger partial charge in [-0.1, -0.05) is 29.8 Å². The summed E-state index contributed by atoms with van der Waals surface area (Å²) in [6, 6.07) is 16.1. The van der Waals surface area contributed by atoms with E-state index >= 15 is 0 Å². The highest BCUT2D eigenvalue weighted by Gasteiger charge is 2.16. The molecule has 7 nitrogen and oxygen atoms in total. The Bertz CT molecular complexity index is 1340. The fraction of sp³-hybridized carbons (Fsp3) is 0.0833. The number of H-pyrrole nitrogens is 1. The number of aromatic nitrogens is 3.